The Hall–Kier alpha value is -4.11. The minimum atomic E-state index is -0.00709. The van der Waals surface area contributed by atoms with Crippen LogP contribution >= 0.6 is 0 Å². The molecule has 1 unspecified atom stereocenters. The summed E-state index contributed by atoms with van der Waals surface area (Å²) >= 11 is 0. The van der Waals surface area contributed by atoms with Crippen LogP contribution in [-0.4, -0.2) is 17.0 Å². The van der Waals surface area contributed by atoms with E-state index in [4.69, 9.17) is 0 Å². The summed E-state index contributed by atoms with van der Waals surface area (Å²) in [6.07, 6.45) is 3.51. The second-order valence-corrected chi connectivity index (χ2v) is 10.1. The Kier molecular flexibility index (Phi) is 8.04. The van der Waals surface area contributed by atoms with Gasteiger partial charge in [-0.2, -0.15) is 0 Å². The maximum absolute atomic E-state index is 13.4. The van der Waals surface area contributed by atoms with Gasteiger partial charge in [0.2, 0.25) is 5.91 Å². The van der Waals surface area contributed by atoms with Crippen molar-refractivity contribution >= 4 is 16.8 Å². The maximum Gasteiger partial charge on any atom is 0.220 e. The molecular weight excluding hydrogens is 464 g/mol. The maximum atomic E-state index is 13.4. The molecule has 0 saturated heterocycles. The number of rotatable bonds is 10. The number of hydrogen-bond acceptors (Lipinski definition) is 1. The third-order valence-electron chi connectivity index (χ3n) is 7.56. The van der Waals surface area contributed by atoms with Crippen molar-refractivity contribution in [2.45, 2.75) is 45.1 Å². The summed E-state index contributed by atoms with van der Waals surface area (Å²) < 4.78 is 2.29. The van der Waals surface area contributed by atoms with E-state index < -0.39 is 0 Å². The molecule has 0 aliphatic rings. The molecule has 0 fully saturated rings. The van der Waals surface area contributed by atoms with Gasteiger partial charge in [-0.25, -0.2) is 0 Å². The zero-order valence-electron chi connectivity index (χ0n) is 22.3. The molecule has 38 heavy (non-hydrogen) atoms. The van der Waals surface area contributed by atoms with Crippen molar-refractivity contribution in [2.24, 2.45) is 0 Å². The van der Waals surface area contributed by atoms with Gasteiger partial charge in [-0.1, -0.05) is 109 Å². The van der Waals surface area contributed by atoms with E-state index in [0.717, 1.165) is 13.0 Å². The van der Waals surface area contributed by atoms with Gasteiger partial charge in [-0.3, -0.25) is 4.79 Å². The third-order valence-corrected chi connectivity index (χ3v) is 7.56. The molecule has 5 aromatic rings. The number of amides is 1. The van der Waals surface area contributed by atoms with E-state index >= 15 is 0 Å². The van der Waals surface area contributed by atoms with Gasteiger partial charge in [-0.15, -0.1) is 0 Å². The van der Waals surface area contributed by atoms with E-state index in [2.05, 4.69) is 127 Å². The van der Waals surface area contributed by atoms with E-state index in [-0.39, 0.29) is 17.7 Å². The van der Waals surface area contributed by atoms with Crippen LogP contribution in [0.1, 0.15) is 59.4 Å². The fraction of sp³-hybridized carbons (Fsp3) is 0.229. The third kappa shape index (κ3) is 5.73. The first-order valence-electron chi connectivity index (χ1n) is 13.6. The van der Waals surface area contributed by atoms with Gasteiger partial charge in [0.1, 0.15) is 0 Å². The van der Waals surface area contributed by atoms with Crippen LogP contribution in [0, 0.1) is 6.92 Å². The highest BCUT2D eigenvalue weighted by Gasteiger charge is 2.23. The second-order valence-electron chi connectivity index (χ2n) is 10.1. The van der Waals surface area contributed by atoms with Crippen molar-refractivity contribution in [3.05, 3.63) is 143 Å². The summed E-state index contributed by atoms with van der Waals surface area (Å²) in [5.41, 5.74) is 7.39. The fourth-order valence-corrected chi connectivity index (χ4v) is 5.53. The lowest BCUT2D eigenvalue weighted by Gasteiger charge is -2.20. The summed E-state index contributed by atoms with van der Waals surface area (Å²) in [6.45, 7) is 5.79. The number of aryl methyl sites for hydroxylation is 2. The zero-order chi connectivity index (χ0) is 26.3. The molecule has 0 aliphatic heterocycles. The SMILES string of the molecule is CCn1cc(C(CC(=O)NCCC(c2ccccc2)c2ccccc2)c2ccc(C)cc2)c2ccccc21. The minimum Gasteiger partial charge on any atom is -0.356 e. The van der Waals surface area contributed by atoms with E-state index in [1.54, 1.807) is 0 Å². The van der Waals surface area contributed by atoms with Gasteiger partial charge in [0.05, 0.1) is 0 Å². The Morgan fingerprint density at radius 3 is 1.95 bits per heavy atom. The number of nitrogens with one attached hydrogen (secondary N) is 1. The predicted octanol–water partition coefficient (Wildman–Crippen LogP) is 7.83. The van der Waals surface area contributed by atoms with E-state index in [0.29, 0.717) is 13.0 Å². The Morgan fingerprint density at radius 1 is 0.737 bits per heavy atom. The standard InChI is InChI=1S/C35H36N2O/c1-3-37-25-33(31-16-10-11-17-34(31)37)32(29-20-18-26(2)19-21-29)24-35(38)36-23-22-30(27-12-6-4-7-13-27)28-14-8-5-9-15-28/h4-21,25,30,32H,3,22-24H2,1-2H3,(H,36,38). The van der Waals surface area contributed by atoms with Crippen LogP contribution < -0.4 is 5.32 Å². The Morgan fingerprint density at radius 2 is 1.32 bits per heavy atom. The highest BCUT2D eigenvalue weighted by atomic mass is 16.1. The molecule has 5 rings (SSSR count). The monoisotopic (exact) mass is 500 g/mol. The van der Waals surface area contributed by atoms with Crippen LogP contribution in [0.3, 0.4) is 0 Å². The number of hydrogen-bond donors (Lipinski definition) is 1. The van der Waals surface area contributed by atoms with Crippen molar-refractivity contribution in [3.8, 4) is 0 Å². The smallest absolute Gasteiger partial charge is 0.220 e. The molecule has 192 valence electrons. The zero-order valence-corrected chi connectivity index (χ0v) is 22.3. The van der Waals surface area contributed by atoms with Crippen molar-refractivity contribution in [1.82, 2.24) is 9.88 Å². The molecule has 1 atom stereocenters. The largest absolute Gasteiger partial charge is 0.356 e. The van der Waals surface area contributed by atoms with Crippen molar-refractivity contribution in [1.29, 1.82) is 0 Å². The molecule has 0 saturated carbocycles. The summed E-state index contributed by atoms with van der Waals surface area (Å²) in [5, 5.41) is 4.48. The first kappa shape index (κ1) is 25.5. The molecule has 1 N–H and O–H groups in total. The minimum absolute atomic E-state index is 0.00709. The van der Waals surface area contributed by atoms with Crippen LogP contribution in [-0.2, 0) is 11.3 Å². The molecule has 4 aromatic carbocycles. The fourth-order valence-electron chi connectivity index (χ4n) is 5.53. The van der Waals surface area contributed by atoms with Gasteiger partial charge < -0.3 is 9.88 Å². The number of carbonyl (C=O) groups is 1. The highest BCUT2D eigenvalue weighted by molar-refractivity contribution is 5.86. The number of fused-ring (bicyclic) bond motifs is 1. The van der Waals surface area contributed by atoms with E-state index in [1.807, 2.05) is 12.1 Å². The molecule has 0 bridgehead atoms. The van der Waals surface area contributed by atoms with Gasteiger partial charge in [-0.05, 0) is 48.6 Å². The quantitative estimate of drug-likeness (QED) is 0.208. The molecule has 3 heteroatoms. The average Bonchev–Trinajstić information content (AvgIpc) is 3.34. The predicted molar refractivity (Wildman–Crippen MR) is 158 cm³/mol. The molecule has 1 aromatic heterocycles. The van der Waals surface area contributed by atoms with Crippen LogP contribution in [0.25, 0.3) is 10.9 Å². The molecule has 0 aliphatic carbocycles. The molecule has 1 heterocycles. The van der Waals surface area contributed by atoms with Gasteiger partial charge in [0.25, 0.3) is 0 Å². The summed E-state index contributed by atoms with van der Waals surface area (Å²) in [5.74, 6) is 0.323. The van der Waals surface area contributed by atoms with E-state index in [9.17, 15) is 4.79 Å². The topological polar surface area (TPSA) is 34.0 Å². The first-order chi connectivity index (χ1) is 18.6. The number of carbonyl (C=O) groups excluding carboxylic acids is 1. The summed E-state index contributed by atoms with van der Waals surface area (Å²) in [7, 11) is 0. The summed E-state index contributed by atoms with van der Waals surface area (Å²) in [6, 6.07) is 38.3. The average molecular weight is 501 g/mol. The van der Waals surface area contributed by atoms with Crippen LogP contribution in [0.4, 0.5) is 0 Å². The number of aromatic nitrogens is 1. The van der Waals surface area contributed by atoms with Gasteiger partial charge in [0.15, 0.2) is 0 Å². The highest BCUT2D eigenvalue weighted by Crippen LogP contribution is 2.35. The Labute approximate surface area is 226 Å². The number of benzene rings is 4. The number of nitrogens with zero attached hydrogens (tertiary/aromatic N) is 1. The molecule has 0 radical (unpaired) electrons. The first-order valence-corrected chi connectivity index (χ1v) is 13.6. The Bertz CT molecular complexity index is 1430. The Balaban J connectivity index is 1.36. The summed E-state index contributed by atoms with van der Waals surface area (Å²) in [4.78, 5) is 13.4. The van der Waals surface area contributed by atoms with E-state index in [1.165, 1.54) is 38.7 Å². The van der Waals surface area contributed by atoms with Gasteiger partial charge in [0, 0.05) is 48.4 Å². The van der Waals surface area contributed by atoms with Crippen molar-refractivity contribution < 1.29 is 4.79 Å². The van der Waals surface area contributed by atoms with Gasteiger partial charge >= 0.3 is 0 Å². The molecule has 3 nitrogen and oxygen atoms in total. The van der Waals surface area contributed by atoms with Crippen LogP contribution in [0.15, 0.2) is 115 Å². The second kappa shape index (κ2) is 12.0. The molecular formula is C35H36N2O. The van der Waals surface area contributed by atoms with Crippen molar-refractivity contribution in [3.63, 3.8) is 0 Å². The lowest BCUT2D eigenvalue weighted by atomic mass is 9.87. The lowest BCUT2D eigenvalue weighted by molar-refractivity contribution is -0.121. The van der Waals surface area contributed by atoms with Crippen LogP contribution in [0.2, 0.25) is 0 Å². The normalized spacial score (nSPS) is 12.1. The van der Waals surface area contributed by atoms with Crippen LogP contribution in [0.5, 0.6) is 0 Å². The lowest BCUT2D eigenvalue weighted by Crippen LogP contribution is -2.27. The number of para-hydroxylation sites is 1. The molecule has 0 spiro atoms. The molecule has 1 amide bonds. The van der Waals surface area contributed by atoms with Crippen molar-refractivity contribution in [2.75, 3.05) is 6.54 Å².